The number of rotatable bonds is 12. The Labute approximate surface area is 229 Å². The lowest BCUT2D eigenvalue weighted by Crippen LogP contribution is -2.46. The number of aldehydes is 1. The molecule has 0 bridgehead atoms. The third kappa shape index (κ3) is 12.3. The first-order chi connectivity index (χ1) is 17.9. The van der Waals surface area contributed by atoms with Crippen LogP contribution < -0.4 is 5.73 Å². The fourth-order valence-electron chi connectivity index (χ4n) is 6.24. The maximum absolute atomic E-state index is 13.7. The Balaban J connectivity index is 0.000000751. The van der Waals surface area contributed by atoms with Gasteiger partial charge in [-0.15, -0.1) is 0 Å². The van der Waals surface area contributed by atoms with E-state index >= 15 is 0 Å². The summed E-state index contributed by atoms with van der Waals surface area (Å²) >= 11 is 0. The van der Waals surface area contributed by atoms with E-state index in [1.54, 1.807) is 0 Å². The molecule has 3 aliphatic rings. The largest absolute Gasteiger partial charge is 0.369 e. The topological polar surface area (TPSA) is 75.8 Å². The summed E-state index contributed by atoms with van der Waals surface area (Å²) in [6.07, 6.45) is 24.5. The van der Waals surface area contributed by atoms with E-state index < -0.39 is 5.54 Å². The zero-order chi connectivity index (χ0) is 27.5. The minimum Gasteiger partial charge on any atom is -0.369 e. The lowest BCUT2D eigenvalue weighted by Gasteiger charge is -2.33. The van der Waals surface area contributed by atoms with Crippen LogP contribution in [0.3, 0.4) is 0 Å². The fraction of sp³-hybridized carbons (Fsp3) is 0.906. The second kappa shape index (κ2) is 19.6. The molecule has 0 radical (unpaired) electrons. The molecule has 2 unspecified atom stereocenters. The number of nitrogens with two attached hydrogens (primary N) is 1. The number of aliphatic imine (C=N–C) groups is 1. The van der Waals surface area contributed by atoms with E-state index in [-0.39, 0.29) is 5.91 Å². The molecule has 2 aliphatic carbocycles. The highest BCUT2D eigenvalue weighted by molar-refractivity contribution is 6.06. The van der Waals surface area contributed by atoms with E-state index in [1.165, 1.54) is 96.8 Å². The normalized spacial score (nSPS) is 23.4. The van der Waals surface area contributed by atoms with Crippen LogP contribution >= 0.6 is 0 Å². The molecule has 1 aliphatic heterocycles. The van der Waals surface area contributed by atoms with Gasteiger partial charge < -0.3 is 10.5 Å². The third-order valence-corrected chi connectivity index (χ3v) is 8.77. The van der Waals surface area contributed by atoms with Crippen molar-refractivity contribution >= 4 is 18.2 Å². The number of guanidine groups is 1. The number of hydrogen-bond acceptors (Lipinski definition) is 4. The van der Waals surface area contributed by atoms with Gasteiger partial charge in [0.2, 0.25) is 0 Å². The summed E-state index contributed by atoms with van der Waals surface area (Å²) in [4.78, 5) is 29.3. The van der Waals surface area contributed by atoms with Gasteiger partial charge in [0.05, 0.1) is 0 Å². The van der Waals surface area contributed by atoms with Gasteiger partial charge in [0.25, 0.3) is 5.91 Å². The second-order valence-corrected chi connectivity index (χ2v) is 12.0. The molecule has 3 rings (SSSR count). The minimum absolute atomic E-state index is 0.223. The molecule has 1 amide bonds. The smallest absolute Gasteiger partial charge is 0.257 e. The zero-order valence-corrected chi connectivity index (χ0v) is 25.2. The Bertz CT molecular complexity index is 636. The molecule has 1 heterocycles. The summed E-state index contributed by atoms with van der Waals surface area (Å²) < 4.78 is 0. The van der Waals surface area contributed by atoms with Crippen LogP contribution in [0.2, 0.25) is 0 Å². The van der Waals surface area contributed by atoms with Crippen molar-refractivity contribution in [2.45, 2.75) is 162 Å². The van der Waals surface area contributed by atoms with Crippen LogP contribution in [0.25, 0.3) is 0 Å². The molecule has 216 valence electrons. The van der Waals surface area contributed by atoms with E-state index in [1.807, 2.05) is 4.90 Å². The van der Waals surface area contributed by atoms with Crippen molar-refractivity contribution in [3.8, 4) is 0 Å². The van der Waals surface area contributed by atoms with E-state index in [4.69, 9.17) is 15.5 Å². The molecule has 5 heteroatoms. The molecule has 2 saturated carbocycles. The van der Waals surface area contributed by atoms with Crippen LogP contribution in [0, 0.1) is 17.8 Å². The first kappa shape index (κ1) is 33.6. The van der Waals surface area contributed by atoms with Gasteiger partial charge >= 0.3 is 0 Å². The molecule has 0 aromatic rings. The molecular weight excluding hydrogens is 458 g/mol. The molecule has 0 aromatic carbocycles. The Morgan fingerprint density at radius 2 is 1.51 bits per heavy atom. The Morgan fingerprint density at radius 3 is 2.00 bits per heavy atom. The number of nitrogens with zero attached hydrogens (tertiary/aromatic N) is 2. The monoisotopic (exact) mass is 519 g/mol. The predicted molar refractivity (Wildman–Crippen MR) is 159 cm³/mol. The summed E-state index contributed by atoms with van der Waals surface area (Å²) in [5, 5.41) is 0. The summed E-state index contributed by atoms with van der Waals surface area (Å²) in [6.45, 7) is 11.1. The van der Waals surface area contributed by atoms with Gasteiger partial charge in [-0.2, -0.15) is 0 Å². The van der Waals surface area contributed by atoms with Crippen molar-refractivity contribution < 1.29 is 9.59 Å². The van der Waals surface area contributed by atoms with Gasteiger partial charge in [-0.1, -0.05) is 118 Å². The van der Waals surface area contributed by atoms with Crippen LogP contribution in [0.4, 0.5) is 0 Å². The highest BCUT2D eigenvalue weighted by atomic mass is 16.2. The van der Waals surface area contributed by atoms with Crippen LogP contribution in [-0.2, 0) is 9.59 Å². The van der Waals surface area contributed by atoms with Gasteiger partial charge in [0, 0.05) is 6.54 Å². The first-order valence-corrected chi connectivity index (χ1v) is 15.9. The van der Waals surface area contributed by atoms with Gasteiger partial charge in [-0.3, -0.25) is 9.69 Å². The van der Waals surface area contributed by atoms with Crippen molar-refractivity contribution in [1.82, 2.24) is 4.90 Å². The van der Waals surface area contributed by atoms with E-state index in [0.29, 0.717) is 17.8 Å². The third-order valence-electron chi connectivity index (χ3n) is 8.77. The SMILES string of the molecule is CC=O.CCC(C)CCCN1C(=O)C(CCC2CCCCC2)(CC2CCCCC2)N=C1N.CCCCC. The maximum Gasteiger partial charge on any atom is 0.257 e. The number of carbonyl (C=O) groups excluding carboxylic acids is 2. The first-order valence-electron chi connectivity index (χ1n) is 15.9. The molecule has 2 fully saturated rings. The molecular formula is C32H61N3O2. The molecule has 0 saturated heterocycles. The number of unbranched alkanes of at least 4 members (excludes halogenated alkanes) is 2. The highest BCUT2D eigenvalue weighted by Crippen LogP contribution is 2.40. The summed E-state index contributed by atoms with van der Waals surface area (Å²) in [5.41, 5.74) is 5.81. The quantitative estimate of drug-likeness (QED) is 0.263. The van der Waals surface area contributed by atoms with Gasteiger partial charge in [-0.05, 0) is 56.8 Å². The summed E-state index contributed by atoms with van der Waals surface area (Å²) in [7, 11) is 0. The molecule has 37 heavy (non-hydrogen) atoms. The van der Waals surface area contributed by atoms with Gasteiger partial charge in [-0.25, -0.2) is 4.99 Å². The minimum atomic E-state index is -0.556. The maximum atomic E-state index is 13.7. The lowest BCUT2D eigenvalue weighted by molar-refractivity contribution is -0.132. The van der Waals surface area contributed by atoms with Crippen LogP contribution in [0.15, 0.2) is 4.99 Å². The van der Waals surface area contributed by atoms with Crippen molar-refractivity contribution in [3.63, 3.8) is 0 Å². The van der Waals surface area contributed by atoms with Crippen LogP contribution in [-0.4, -0.2) is 35.1 Å². The highest BCUT2D eigenvalue weighted by Gasteiger charge is 2.48. The van der Waals surface area contributed by atoms with Crippen molar-refractivity contribution in [3.05, 3.63) is 0 Å². The van der Waals surface area contributed by atoms with Crippen molar-refractivity contribution in [1.29, 1.82) is 0 Å². The molecule has 5 nitrogen and oxygen atoms in total. The Morgan fingerprint density at radius 1 is 0.973 bits per heavy atom. The van der Waals surface area contributed by atoms with Gasteiger partial charge in [0.1, 0.15) is 11.8 Å². The zero-order valence-electron chi connectivity index (χ0n) is 25.2. The lowest BCUT2D eigenvalue weighted by atomic mass is 9.75. The number of carbonyl (C=O) groups is 2. The van der Waals surface area contributed by atoms with Gasteiger partial charge in [0.15, 0.2) is 5.96 Å². The van der Waals surface area contributed by atoms with E-state index in [9.17, 15) is 4.79 Å². The van der Waals surface area contributed by atoms with E-state index in [0.717, 1.165) is 50.9 Å². The Kier molecular flexibility index (Phi) is 17.9. The van der Waals surface area contributed by atoms with Crippen molar-refractivity contribution in [2.24, 2.45) is 28.5 Å². The Hall–Kier alpha value is -1.39. The van der Waals surface area contributed by atoms with Crippen LogP contribution in [0.1, 0.15) is 157 Å². The summed E-state index contributed by atoms with van der Waals surface area (Å²) in [6, 6.07) is 0. The fourth-order valence-corrected chi connectivity index (χ4v) is 6.24. The molecule has 2 atom stereocenters. The predicted octanol–water partition coefficient (Wildman–Crippen LogP) is 8.44. The molecule has 0 aromatic heterocycles. The second-order valence-electron chi connectivity index (χ2n) is 12.0. The van der Waals surface area contributed by atoms with Crippen LogP contribution in [0.5, 0.6) is 0 Å². The standard InChI is InChI=1S/C25H45N3O.C5H12.C2H4O/c1-3-20(2)11-10-18-28-23(29)25(27-24(28)26,19-22-14-8-5-9-15-22)17-16-21-12-6-4-7-13-21;1-3-5-4-2;1-2-3/h20-22H,3-19H2,1-2H3,(H2,26,27);3-5H2,1-2H3;2H,1H3. The molecule has 2 N–H and O–H groups in total. The number of amides is 1. The summed E-state index contributed by atoms with van der Waals surface area (Å²) in [5.74, 6) is 2.87. The average Bonchev–Trinajstić information content (AvgIpc) is 3.14. The van der Waals surface area contributed by atoms with Crippen molar-refractivity contribution in [2.75, 3.05) is 6.54 Å². The molecule has 0 spiro atoms. The van der Waals surface area contributed by atoms with E-state index in [2.05, 4.69) is 27.7 Å². The number of hydrogen-bond donors (Lipinski definition) is 1. The average molecular weight is 520 g/mol.